The average molecular weight is 223 g/mol. The standard InChI is InChI=1S/C15H29N/c1-3-5-8-13-15(16-4-2)14-11-9-6-7-10-12-14/h3,14-16H,1,4-13H2,2H3. The minimum Gasteiger partial charge on any atom is -0.314 e. The number of rotatable bonds is 7. The van der Waals surface area contributed by atoms with Crippen LogP contribution in [0.2, 0.25) is 0 Å². The Morgan fingerprint density at radius 3 is 2.50 bits per heavy atom. The van der Waals surface area contributed by atoms with E-state index in [9.17, 15) is 0 Å². The van der Waals surface area contributed by atoms with Gasteiger partial charge in [-0.25, -0.2) is 0 Å². The lowest BCUT2D eigenvalue weighted by Gasteiger charge is -2.27. The zero-order valence-corrected chi connectivity index (χ0v) is 11.0. The first-order valence-electron chi connectivity index (χ1n) is 7.22. The Morgan fingerprint density at radius 2 is 1.94 bits per heavy atom. The second-order valence-electron chi connectivity index (χ2n) is 5.14. The third kappa shape index (κ3) is 5.16. The fourth-order valence-electron chi connectivity index (χ4n) is 2.96. The van der Waals surface area contributed by atoms with E-state index in [1.807, 2.05) is 0 Å². The molecule has 1 nitrogen and oxygen atoms in total. The van der Waals surface area contributed by atoms with Crippen molar-refractivity contribution in [2.24, 2.45) is 5.92 Å². The Kier molecular flexibility index (Phi) is 7.58. The highest BCUT2D eigenvalue weighted by molar-refractivity contribution is 4.79. The lowest BCUT2D eigenvalue weighted by atomic mass is 9.88. The molecule has 1 heteroatoms. The van der Waals surface area contributed by atoms with Gasteiger partial charge in [-0.2, -0.15) is 0 Å². The first-order chi connectivity index (χ1) is 7.88. The summed E-state index contributed by atoms with van der Waals surface area (Å²) < 4.78 is 0. The van der Waals surface area contributed by atoms with Gasteiger partial charge in [0.25, 0.3) is 0 Å². The fourth-order valence-corrected chi connectivity index (χ4v) is 2.96. The topological polar surface area (TPSA) is 12.0 Å². The van der Waals surface area contributed by atoms with Gasteiger partial charge in [-0.1, -0.05) is 38.7 Å². The molecule has 0 bridgehead atoms. The van der Waals surface area contributed by atoms with Gasteiger partial charge in [0, 0.05) is 6.04 Å². The lowest BCUT2D eigenvalue weighted by Crippen LogP contribution is -2.36. The molecule has 0 aromatic rings. The molecule has 0 spiro atoms. The van der Waals surface area contributed by atoms with Crippen LogP contribution in [0.4, 0.5) is 0 Å². The molecule has 1 aliphatic rings. The summed E-state index contributed by atoms with van der Waals surface area (Å²) in [5.74, 6) is 0.937. The molecule has 1 aliphatic carbocycles. The second kappa shape index (κ2) is 8.81. The number of nitrogens with one attached hydrogen (secondary N) is 1. The van der Waals surface area contributed by atoms with E-state index in [0.717, 1.165) is 18.5 Å². The number of hydrogen-bond acceptors (Lipinski definition) is 1. The molecule has 1 saturated carbocycles. The SMILES string of the molecule is C=CCCCC(NCC)C1CCCCCC1. The summed E-state index contributed by atoms with van der Waals surface area (Å²) in [6, 6.07) is 0.767. The largest absolute Gasteiger partial charge is 0.314 e. The smallest absolute Gasteiger partial charge is 0.00953 e. The van der Waals surface area contributed by atoms with Crippen molar-refractivity contribution < 1.29 is 0 Å². The van der Waals surface area contributed by atoms with Crippen LogP contribution in [0.25, 0.3) is 0 Å². The quantitative estimate of drug-likeness (QED) is 0.386. The van der Waals surface area contributed by atoms with Gasteiger partial charge in [0.1, 0.15) is 0 Å². The Morgan fingerprint density at radius 1 is 1.25 bits per heavy atom. The molecule has 0 radical (unpaired) electrons. The van der Waals surface area contributed by atoms with Crippen LogP contribution < -0.4 is 5.32 Å². The highest BCUT2D eigenvalue weighted by atomic mass is 14.9. The lowest BCUT2D eigenvalue weighted by molar-refractivity contribution is 0.304. The highest BCUT2D eigenvalue weighted by Crippen LogP contribution is 2.27. The monoisotopic (exact) mass is 223 g/mol. The van der Waals surface area contributed by atoms with E-state index in [2.05, 4.69) is 24.9 Å². The van der Waals surface area contributed by atoms with Crippen LogP contribution in [-0.2, 0) is 0 Å². The van der Waals surface area contributed by atoms with Crippen LogP contribution in [0.1, 0.15) is 64.7 Å². The third-order valence-corrected chi connectivity index (χ3v) is 3.86. The number of hydrogen-bond donors (Lipinski definition) is 1. The van der Waals surface area contributed by atoms with Gasteiger partial charge in [-0.3, -0.25) is 0 Å². The van der Waals surface area contributed by atoms with Gasteiger partial charge in [0.15, 0.2) is 0 Å². The van der Waals surface area contributed by atoms with Crippen molar-refractivity contribution in [1.82, 2.24) is 5.32 Å². The molecule has 0 aromatic carbocycles. The zero-order valence-electron chi connectivity index (χ0n) is 11.0. The van der Waals surface area contributed by atoms with Crippen molar-refractivity contribution >= 4 is 0 Å². The van der Waals surface area contributed by atoms with E-state index in [0.29, 0.717) is 0 Å². The van der Waals surface area contributed by atoms with Crippen LogP contribution in [0.5, 0.6) is 0 Å². The summed E-state index contributed by atoms with van der Waals surface area (Å²) in [6.45, 7) is 7.16. The normalized spacial score (nSPS) is 20.3. The summed E-state index contributed by atoms with van der Waals surface area (Å²) in [7, 11) is 0. The first kappa shape index (κ1) is 13.8. The maximum absolute atomic E-state index is 3.81. The highest BCUT2D eigenvalue weighted by Gasteiger charge is 2.21. The minimum absolute atomic E-state index is 0.767. The third-order valence-electron chi connectivity index (χ3n) is 3.86. The molecule has 1 rings (SSSR count). The first-order valence-corrected chi connectivity index (χ1v) is 7.22. The molecule has 0 aliphatic heterocycles. The maximum Gasteiger partial charge on any atom is 0.00953 e. The van der Waals surface area contributed by atoms with Crippen molar-refractivity contribution in [2.45, 2.75) is 70.8 Å². The molecular weight excluding hydrogens is 194 g/mol. The van der Waals surface area contributed by atoms with Gasteiger partial charge in [-0.15, -0.1) is 6.58 Å². The predicted octanol–water partition coefficient (Wildman–Crippen LogP) is 4.29. The molecule has 1 N–H and O–H groups in total. The predicted molar refractivity (Wildman–Crippen MR) is 72.7 cm³/mol. The van der Waals surface area contributed by atoms with Crippen LogP contribution in [-0.4, -0.2) is 12.6 Å². The molecule has 94 valence electrons. The van der Waals surface area contributed by atoms with Crippen molar-refractivity contribution in [1.29, 1.82) is 0 Å². The maximum atomic E-state index is 3.81. The molecule has 1 fully saturated rings. The van der Waals surface area contributed by atoms with Crippen molar-refractivity contribution in [3.8, 4) is 0 Å². The molecule has 1 atom stereocenters. The summed E-state index contributed by atoms with van der Waals surface area (Å²) >= 11 is 0. The molecule has 0 heterocycles. The Hall–Kier alpha value is -0.300. The fraction of sp³-hybridized carbons (Fsp3) is 0.867. The number of unbranched alkanes of at least 4 members (excludes halogenated alkanes) is 1. The summed E-state index contributed by atoms with van der Waals surface area (Å²) in [4.78, 5) is 0. The summed E-state index contributed by atoms with van der Waals surface area (Å²) in [5.41, 5.74) is 0. The van der Waals surface area contributed by atoms with E-state index < -0.39 is 0 Å². The van der Waals surface area contributed by atoms with E-state index in [4.69, 9.17) is 0 Å². The van der Waals surface area contributed by atoms with Crippen molar-refractivity contribution in [2.75, 3.05) is 6.54 Å². The molecule has 0 amide bonds. The van der Waals surface area contributed by atoms with E-state index in [1.54, 1.807) is 0 Å². The average Bonchev–Trinajstić information content (AvgIpc) is 2.57. The van der Waals surface area contributed by atoms with Crippen LogP contribution >= 0.6 is 0 Å². The molecule has 0 aromatic heterocycles. The molecular formula is C15H29N. The second-order valence-corrected chi connectivity index (χ2v) is 5.14. The van der Waals surface area contributed by atoms with Crippen molar-refractivity contribution in [3.05, 3.63) is 12.7 Å². The minimum atomic E-state index is 0.767. The summed E-state index contributed by atoms with van der Waals surface area (Å²) in [5, 5.41) is 3.70. The Balaban J connectivity index is 2.35. The van der Waals surface area contributed by atoms with Crippen LogP contribution in [0, 0.1) is 5.92 Å². The Bertz CT molecular complexity index is 168. The van der Waals surface area contributed by atoms with Gasteiger partial charge < -0.3 is 5.32 Å². The van der Waals surface area contributed by atoms with E-state index in [1.165, 1.54) is 57.8 Å². The van der Waals surface area contributed by atoms with Gasteiger partial charge in [0.2, 0.25) is 0 Å². The van der Waals surface area contributed by atoms with Gasteiger partial charge in [0.05, 0.1) is 0 Å². The number of allylic oxidation sites excluding steroid dienone is 1. The van der Waals surface area contributed by atoms with Crippen molar-refractivity contribution in [3.63, 3.8) is 0 Å². The van der Waals surface area contributed by atoms with Gasteiger partial charge in [-0.05, 0) is 44.6 Å². The van der Waals surface area contributed by atoms with Crippen LogP contribution in [0.15, 0.2) is 12.7 Å². The molecule has 16 heavy (non-hydrogen) atoms. The molecule has 0 saturated heterocycles. The van der Waals surface area contributed by atoms with E-state index in [-0.39, 0.29) is 0 Å². The molecule has 1 unspecified atom stereocenters. The van der Waals surface area contributed by atoms with Crippen LogP contribution in [0.3, 0.4) is 0 Å². The summed E-state index contributed by atoms with van der Waals surface area (Å²) in [6.07, 6.45) is 14.6. The van der Waals surface area contributed by atoms with Gasteiger partial charge >= 0.3 is 0 Å². The Labute approximate surface area is 102 Å². The van der Waals surface area contributed by atoms with E-state index >= 15 is 0 Å². The zero-order chi connectivity index (χ0) is 11.6.